The monoisotopic (exact) mass is 396 g/mol. The molecule has 1 saturated heterocycles. The van der Waals surface area contributed by atoms with Crippen LogP contribution in [0.4, 0.5) is 0 Å². The Hall–Kier alpha value is -2.44. The molecule has 2 aromatic rings. The molecule has 0 amide bonds. The molecule has 0 spiro atoms. The quantitative estimate of drug-likeness (QED) is 0.784. The van der Waals surface area contributed by atoms with E-state index in [9.17, 15) is 9.90 Å². The number of ether oxygens (including phenoxy) is 2. The molecule has 2 heterocycles. The number of nitrogens with zero attached hydrogens (tertiary/aromatic N) is 2. The lowest BCUT2D eigenvalue weighted by molar-refractivity contribution is -0.0231. The summed E-state index contributed by atoms with van der Waals surface area (Å²) in [6, 6.07) is 11.0. The Balaban J connectivity index is 1.39. The van der Waals surface area contributed by atoms with Gasteiger partial charge in [0, 0.05) is 25.8 Å². The maximum atomic E-state index is 11.7. The molecule has 0 bridgehead atoms. The number of carbonyl (C=O) groups is 1. The summed E-state index contributed by atoms with van der Waals surface area (Å²) < 4.78 is 10.9. The van der Waals surface area contributed by atoms with Gasteiger partial charge in [-0.1, -0.05) is 12.1 Å². The highest BCUT2D eigenvalue weighted by molar-refractivity contribution is 5.89. The topological polar surface area (TPSA) is 71.9 Å². The highest BCUT2D eigenvalue weighted by atomic mass is 16.5. The van der Waals surface area contributed by atoms with Crippen molar-refractivity contribution < 1.29 is 19.4 Å². The van der Waals surface area contributed by atoms with Gasteiger partial charge in [-0.2, -0.15) is 0 Å². The first-order valence-electron chi connectivity index (χ1n) is 10.2. The number of pyridine rings is 1. The Morgan fingerprint density at radius 1 is 1.21 bits per heavy atom. The molecule has 1 aromatic heterocycles. The number of hydrogen-bond acceptors (Lipinski definition) is 6. The molecule has 29 heavy (non-hydrogen) atoms. The van der Waals surface area contributed by atoms with E-state index in [0.717, 1.165) is 38.2 Å². The standard InChI is InChI=1S/C23H28N2O4/c1-15-5-4-8-24-20(15)14-25-12-17-10-21(26)22(11-18(17)13-25)29-19-7-3-6-16(9-19)23(27)28-2/h3-9,17-18,21-22,26H,10-14H2,1-2H3/t17-,18+,21+,22+/m0/s1. The van der Waals surface area contributed by atoms with Crippen LogP contribution in [0.1, 0.15) is 34.5 Å². The van der Waals surface area contributed by atoms with Gasteiger partial charge in [-0.25, -0.2) is 4.79 Å². The summed E-state index contributed by atoms with van der Waals surface area (Å²) in [4.78, 5) is 18.7. The van der Waals surface area contributed by atoms with Crippen molar-refractivity contribution in [2.24, 2.45) is 11.8 Å². The molecular formula is C23H28N2O4. The lowest BCUT2D eigenvalue weighted by Gasteiger charge is -2.35. The van der Waals surface area contributed by atoms with E-state index in [2.05, 4.69) is 22.9 Å². The molecular weight excluding hydrogens is 368 g/mol. The molecule has 4 rings (SSSR count). The smallest absolute Gasteiger partial charge is 0.337 e. The van der Waals surface area contributed by atoms with Gasteiger partial charge in [0.15, 0.2) is 0 Å². The molecule has 0 unspecified atom stereocenters. The lowest BCUT2D eigenvalue weighted by Crippen LogP contribution is -2.42. The highest BCUT2D eigenvalue weighted by Gasteiger charge is 2.42. The minimum atomic E-state index is -0.505. The third kappa shape index (κ3) is 4.43. The fourth-order valence-electron chi connectivity index (χ4n) is 4.63. The van der Waals surface area contributed by atoms with Crippen LogP contribution in [0.25, 0.3) is 0 Å². The van der Waals surface area contributed by atoms with Crippen molar-refractivity contribution >= 4 is 5.97 Å². The van der Waals surface area contributed by atoms with Crippen LogP contribution in [-0.2, 0) is 11.3 Å². The van der Waals surface area contributed by atoms with Gasteiger partial charge in [0.05, 0.1) is 24.5 Å². The Morgan fingerprint density at radius 2 is 2.00 bits per heavy atom. The molecule has 6 heteroatoms. The van der Waals surface area contributed by atoms with Crippen LogP contribution < -0.4 is 4.74 Å². The first-order valence-corrected chi connectivity index (χ1v) is 10.2. The van der Waals surface area contributed by atoms with Gasteiger partial charge >= 0.3 is 5.97 Å². The normalized spacial score (nSPS) is 26.7. The molecule has 2 aliphatic rings. The molecule has 154 valence electrons. The third-order valence-corrected chi connectivity index (χ3v) is 6.19. The number of hydrogen-bond donors (Lipinski definition) is 1. The van der Waals surface area contributed by atoms with Crippen molar-refractivity contribution in [2.75, 3.05) is 20.2 Å². The van der Waals surface area contributed by atoms with Gasteiger partial charge < -0.3 is 14.6 Å². The predicted molar refractivity (Wildman–Crippen MR) is 109 cm³/mol. The molecule has 1 saturated carbocycles. The summed E-state index contributed by atoms with van der Waals surface area (Å²) in [6.07, 6.45) is 2.63. The number of aryl methyl sites for hydroxylation is 1. The van der Waals surface area contributed by atoms with E-state index in [1.807, 2.05) is 18.3 Å². The van der Waals surface area contributed by atoms with Crippen molar-refractivity contribution in [3.63, 3.8) is 0 Å². The van der Waals surface area contributed by atoms with Crippen LogP contribution in [-0.4, -0.2) is 53.4 Å². The lowest BCUT2D eigenvalue weighted by atomic mass is 9.78. The number of carbonyl (C=O) groups excluding carboxylic acids is 1. The number of rotatable bonds is 5. The van der Waals surface area contributed by atoms with Crippen LogP contribution in [0, 0.1) is 18.8 Å². The Kier molecular flexibility index (Phi) is 5.83. The van der Waals surface area contributed by atoms with Crippen molar-refractivity contribution in [1.82, 2.24) is 9.88 Å². The van der Waals surface area contributed by atoms with E-state index >= 15 is 0 Å². The molecule has 6 nitrogen and oxygen atoms in total. The number of methoxy groups -OCH3 is 1. The average molecular weight is 396 g/mol. The fourth-order valence-corrected chi connectivity index (χ4v) is 4.63. The predicted octanol–water partition coefficient (Wildman–Crippen LogP) is 2.83. The first kappa shape index (κ1) is 19.9. The van der Waals surface area contributed by atoms with Gasteiger partial charge in [0.1, 0.15) is 11.9 Å². The van der Waals surface area contributed by atoms with Crippen molar-refractivity contribution in [2.45, 2.75) is 38.5 Å². The Bertz CT molecular complexity index is 871. The highest BCUT2D eigenvalue weighted by Crippen LogP contribution is 2.38. The molecule has 1 N–H and O–H groups in total. The zero-order valence-corrected chi connectivity index (χ0v) is 17.0. The van der Waals surface area contributed by atoms with E-state index in [4.69, 9.17) is 9.47 Å². The number of aromatic nitrogens is 1. The van der Waals surface area contributed by atoms with Crippen molar-refractivity contribution in [3.8, 4) is 5.75 Å². The van der Waals surface area contributed by atoms with Crippen molar-refractivity contribution in [3.05, 3.63) is 59.4 Å². The molecule has 1 aliphatic carbocycles. The fraction of sp³-hybridized carbons (Fsp3) is 0.478. The second-order valence-electron chi connectivity index (χ2n) is 8.20. The Labute approximate surface area is 171 Å². The molecule has 2 fully saturated rings. The number of esters is 1. The number of benzene rings is 1. The molecule has 1 aliphatic heterocycles. The van der Waals surface area contributed by atoms with Gasteiger partial charge in [-0.15, -0.1) is 0 Å². The van der Waals surface area contributed by atoms with Gasteiger partial charge in [0.2, 0.25) is 0 Å². The summed E-state index contributed by atoms with van der Waals surface area (Å²) in [7, 11) is 1.36. The largest absolute Gasteiger partial charge is 0.488 e. The molecule has 4 atom stereocenters. The second-order valence-corrected chi connectivity index (χ2v) is 8.20. The third-order valence-electron chi connectivity index (χ3n) is 6.19. The van der Waals surface area contributed by atoms with E-state index < -0.39 is 12.1 Å². The minimum absolute atomic E-state index is 0.263. The zero-order chi connectivity index (χ0) is 20.4. The van der Waals surface area contributed by atoms with Crippen molar-refractivity contribution in [1.29, 1.82) is 0 Å². The summed E-state index contributed by atoms with van der Waals surface area (Å²) in [6.45, 7) is 4.93. The summed E-state index contributed by atoms with van der Waals surface area (Å²) in [5.41, 5.74) is 2.79. The second kappa shape index (κ2) is 8.51. The van der Waals surface area contributed by atoms with E-state index in [1.165, 1.54) is 12.7 Å². The van der Waals surface area contributed by atoms with E-state index in [1.54, 1.807) is 18.2 Å². The SMILES string of the molecule is COC(=O)c1cccc(O[C@@H]2C[C@@H]3CN(Cc4ncccc4C)C[C@@H]3C[C@H]2O)c1. The number of fused-ring (bicyclic) bond motifs is 1. The zero-order valence-electron chi connectivity index (χ0n) is 17.0. The van der Waals surface area contributed by atoms with Crippen LogP contribution in [0.15, 0.2) is 42.6 Å². The van der Waals surface area contributed by atoms with E-state index in [0.29, 0.717) is 23.1 Å². The number of aliphatic hydroxyl groups excluding tert-OH is 1. The van der Waals surface area contributed by atoms with Crippen LogP contribution in [0.5, 0.6) is 5.75 Å². The van der Waals surface area contributed by atoms with E-state index in [-0.39, 0.29) is 6.10 Å². The van der Waals surface area contributed by atoms with Gasteiger partial charge in [-0.3, -0.25) is 9.88 Å². The average Bonchev–Trinajstić information content (AvgIpc) is 3.10. The van der Waals surface area contributed by atoms with Crippen LogP contribution in [0.2, 0.25) is 0 Å². The van der Waals surface area contributed by atoms with Gasteiger partial charge in [-0.05, 0) is 61.4 Å². The maximum Gasteiger partial charge on any atom is 0.337 e. The molecule has 0 radical (unpaired) electrons. The number of aliphatic hydroxyl groups is 1. The van der Waals surface area contributed by atoms with Crippen LogP contribution in [0.3, 0.4) is 0 Å². The van der Waals surface area contributed by atoms with Crippen LogP contribution >= 0.6 is 0 Å². The summed E-state index contributed by atoms with van der Waals surface area (Å²) in [5.74, 6) is 1.18. The maximum absolute atomic E-state index is 11.7. The Morgan fingerprint density at radius 3 is 2.76 bits per heavy atom. The number of likely N-dealkylation sites (tertiary alicyclic amines) is 1. The minimum Gasteiger partial charge on any atom is -0.488 e. The summed E-state index contributed by atoms with van der Waals surface area (Å²) in [5, 5.41) is 10.7. The van der Waals surface area contributed by atoms with Gasteiger partial charge in [0.25, 0.3) is 0 Å². The summed E-state index contributed by atoms with van der Waals surface area (Å²) >= 11 is 0. The first-order chi connectivity index (χ1) is 14.0. The molecule has 1 aromatic carbocycles.